The summed E-state index contributed by atoms with van der Waals surface area (Å²) in [7, 11) is -1.78. The Labute approximate surface area is 125 Å². The van der Waals surface area contributed by atoms with Crippen molar-refractivity contribution in [3.63, 3.8) is 0 Å². The van der Waals surface area contributed by atoms with Crippen molar-refractivity contribution in [2.75, 3.05) is 6.54 Å². The Morgan fingerprint density at radius 3 is 2.15 bits per heavy atom. The molecule has 0 spiro atoms. The van der Waals surface area contributed by atoms with E-state index in [9.17, 15) is 4.79 Å². The summed E-state index contributed by atoms with van der Waals surface area (Å²) in [5, 5.41) is 1.25. The van der Waals surface area contributed by atoms with Crippen molar-refractivity contribution in [3.8, 4) is 0 Å². The van der Waals surface area contributed by atoms with Gasteiger partial charge in [0.05, 0.1) is 0 Å². The number of Topliss-reactive ketones (excluding diaryl/α,β-unsaturated/α-hetero) is 1. The van der Waals surface area contributed by atoms with Crippen LogP contribution >= 0.6 is 0 Å². The molecule has 2 heterocycles. The number of carbonyl (C=O) groups is 1. The van der Waals surface area contributed by atoms with Crippen LogP contribution in [0.1, 0.15) is 60.8 Å². The average molecular weight is 294 g/mol. The first-order valence-corrected chi connectivity index (χ1v) is 10.6. The SMILES string of the molecule is CC(C)[Si](C1=CN2CCC[C@@H]2CC1=O)(C(C)C)C(C)C. The normalized spacial score (nSPS) is 23.9. The Kier molecular flexibility index (Phi) is 4.48. The lowest BCUT2D eigenvalue weighted by Gasteiger charge is -2.46. The maximum absolute atomic E-state index is 12.8. The summed E-state index contributed by atoms with van der Waals surface area (Å²) in [6, 6.07) is 0.504. The van der Waals surface area contributed by atoms with E-state index in [4.69, 9.17) is 0 Å². The van der Waals surface area contributed by atoms with Gasteiger partial charge in [0.15, 0.2) is 5.78 Å². The molecule has 1 saturated heterocycles. The highest BCUT2D eigenvalue weighted by atomic mass is 28.3. The van der Waals surface area contributed by atoms with Crippen LogP contribution in [0.5, 0.6) is 0 Å². The summed E-state index contributed by atoms with van der Waals surface area (Å²) in [5.41, 5.74) is 1.87. The highest BCUT2D eigenvalue weighted by Crippen LogP contribution is 2.48. The summed E-state index contributed by atoms with van der Waals surface area (Å²) in [4.78, 5) is 15.3. The van der Waals surface area contributed by atoms with E-state index in [1.54, 1.807) is 0 Å². The quantitative estimate of drug-likeness (QED) is 0.710. The van der Waals surface area contributed by atoms with Crippen LogP contribution in [0.3, 0.4) is 0 Å². The Morgan fingerprint density at radius 1 is 1.10 bits per heavy atom. The molecule has 2 rings (SSSR count). The largest absolute Gasteiger partial charge is 0.374 e. The Balaban J connectivity index is 2.50. The fraction of sp³-hybridized carbons (Fsp3) is 0.824. The van der Waals surface area contributed by atoms with Gasteiger partial charge >= 0.3 is 0 Å². The van der Waals surface area contributed by atoms with E-state index in [-0.39, 0.29) is 0 Å². The van der Waals surface area contributed by atoms with Gasteiger partial charge in [0.2, 0.25) is 0 Å². The predicted molar refractivity (Wildman–Crippen MR) is 88.5 cm³/mol. The van der Waals surface area contributed by atoms with Crippen LogP contribution in [0.4, 0.5) is 0 Å². The van der Waals surface area contributed by atoms with E-state index in [1.165, 1.54) is 18.0 Å². The van der Waals surface area contributed by atoms with Gasteiger partial charge in [0.25, 0.3) is 0 Å². The number of ketones is 1. The molecule has 2 nitrogen and oxygen atoms in total. The molecule has 20 heavy (non-hydrogen) atoms. The third kappa shape index (κ3) is 2.28. The van der Waals surface area contributed by atoms with Crippen LogP contribution in [-0.2, 0) is 4.79 Å². The van der Waals surface area contributed by atoms with Crippen LogP contribution < -0.4 is 0 Å². The summed E-state index contributed by atoms with van der Waals surface area (Å²) in [6.45, 7) is 15.2. The molecule has 0 aromatic carbocycles. The fourth-order valence-corrected chi connectivity index (χ4v) is 11.9. The van der Waals surface area contributed by atoms with Gasteiger partial charge in [-0.1, -0.05) is 41.5 Å². The Bertz CT molecular complexity index is 389. The van der Waals surface area contributed by atoms with Gasteiger partial charge in [-0.25, -0.2) is 0 Å². The van der Waals surface area contributed by atoms with Crippen LogP contribution in [0.25, 0.3) is 0 Å². The molecule has 0 aromatic heterocycles. The number of nitrogens with zero attached hydrogens (tertiary/aromatic N) is 1. The minimum absolute atomic E-state index is 0.468. The molecule has 0 amide bonds. The minimum Gasteiger partial charge on any atom is -0.374 e. The first-order valence-electron chi connectivity index (χ1n) is 8.33. The minimum atomic E-state index is -1.78. The van der Waals surface area contributed by atoms with Crippen molar-refractivity contribution in [1.29, 1.82) is 0 Å². The molecule has 0 saturated carbocycles. The lowest BCUT2D eigenvalue weighted by Crippen LogP contribution is -2.52. The monoisotopic (exact) mass is 293 g/mol. The van der Waals surface area contributed by atoms with Crippen LogP contribution in [0.2, 0.25) is 16.6 Å². The van der Waals surface area contributed by atoms with Crippen molar-refractivity contribution in [1.82, 2.24) is 4.90 Å². The molecule has 0 aliphatic carbocycles. The smallest absolute Gasteiger partial charge is 0.158 e. The summed E-state index contributed by atoms with van der Waals surface area (Å²) >= 11 is 0. The van der Waals surface area contributed by atoms with Crippen LogP contribution in [0, 0.1) is 0 Å². The van der Waals surface area contributed by atoms with Crippen molar-refractivity contribution in [3.05, 3.63) is 11.4 Å². The lowest BCUT2D eigenvalue weighted by atomic mass is 10.1. The number of hydrogen-bond donors (Lipinski definition) is 0. The zero-order chi connectivity index (χ0) is 15.1. The average Bonchev–Trinajstić information content (AvgIpc) is 2.75. The van der Waals surface area contributed by atoms with E-state index in [0.717, 1.165) is 13.0 Å². The third-order valence-electron chi connectivity index (χ3n) is 5.77. The molecule has 0 aromatic rings. The van der Waals surface area contributed by atoms with Gasteiger partial charge in [-0.2, -0.15) is 0 Å². The van der Waals surface area contributed by atoms with E-state index in [2.05, 4.69) is 52.6 Å². The topological polar surface area (TPSA) is 20.3 Å². The standard InChI is InChI=1S/C17H31NOSi/c1-12(2)20(13(3)4,14(5)6)17-11-18-9-7-8-15(18)10-16(17)19/h11-15H,7-10H2,1-6H3/t15-/m1/s1. The van der Waals surface area contributed by atoms with E-state index >= 15 is 0 Å². The van der Waals surface area contributed by atoms with Crippen LogP contribution in [0.15, 0.2) is 11.4 Å². The summed E-state index contributed by atoms with van der Waals surface area (Å²) in [5.74, 6) is 0.468. The molecule has 0 bridgehead atoms. The van der Waals surface area contributed by atoms with E-state index in [1.807, 2.05) is 0 Å². The van der Waals surface area contributed by atoms with Crippen molar-refractivity contribution in [2.24, 2.45) is 0 Å². The second-order valence-corrected chi connectivity index (χ2v) is 13.5. The Hall–Kier alpha value is -0.573. The molecular formula is C17H31NOSi. The number of carbonyl (C=O) groups excluding carboxylic acids is 1. The lowest BCUT2D eigenvalue weighted by molar-refractivity contribution is -0.116. The highest BCUT2D eigenvalue weighted by Gasteiger charge is 2.50. The molecule has 0 N–H and O–H groups in total. The zero-order valence-electron chi connectivity index (χ0n) is 14.1. The molecule has 1 fully saturated rings. The number of allylic oxidation sites excluding steroid dienone is 1. The van der Waals surface area contributed by atoms with Crippen molar-refractivity contribution >= 4 is 13.9 Å². The molecule has 114 valence electrons. The number of fused-ring (bicyclic) bond motifs is 1. The molecule has 0 radical (unpaired) electrons. The van der Waals surface area contributed by atoms with Crippen molar-refractivity contribution < 1.29 is 4.79 Å². The second-order valence-electron chi connectivity index (χ2n) is 7.60. The first kappa shape index (κ1) is 15.8. The van der Waals surface area contributed by atoms with Gasteiger partial charge in [-0.3, -0.25) is 4.79 Å². The molecule has 2 aliphatic heterocycles. The first-order chi connectivity index (χ1) is 9.31. The van der Waals surface area contributed by atoms with E-state index < -0.39 is 8.07 Å². The zero-order valence-corrected chi connectivity index (χ0v) is 15.1. The van der Waals surface area contributed by atoms with Gasteiger partial charge in [0, 0.05) is 25.2 Å². The van der Waals surface area contributed by atoms with Crippen LogP contribution in [-0.4, -0.2) is 31.3 Å². The molecule has 1 atom stereocenters. The summed E-state index contributed by atoms with van der Waals surface area (Å²) < 4.78 is 0. The molecule has 3 heteroatoms. The number of hydrogen-bond acceptors (Lipinski definition) is 2. The molecule has 2 aliphatic rings. The van der Waals surface area contributed by atoms with Gasteiger partial charge in [-0.05, 0) is 34.7 Å². The van der Waals surface area contributed by atoms with Gasteiger partial charge < -0.3 is 4.90 Å². The predicted octanol–water partition coefficient (Wildman–Crippen LogP) is 4.53. The molecule has 0 unspecified atom stereocenters. The van der Waals surface area contributed by atoms with Crippen molar-refractivity contribution in [2.45, 2.75) is 83.5 Å². The third-order valence-corrected chi connectivity index (χ3v) is 12.8. The maximum Gasteiger partial charge on any atom is 0.158 e. The van der Waals surface area contributed by atoms with Gasteiger partial charge in [-0.15, -0.1) is 0 Å². The number of rotatable bonds is 4. The fourth-order valence-electron chi connectivity index (χ4n) is 5.10. The van der Waals surface area contributed by atoms with E-state index in [0.29, 0.717) is 28.4 Å². The Morgan fingerprint density at radius 2 is 1.65 bits per heavy atom. The maximum atomic E-state index is 12.8. The van der Waals surface area contributed by atoms with Gasteiger partial charge in [0.1, 0.15) is 8.07 Å². The second kappa shape index (κ2) is 5.67. The molecular weight excluding hydrogens is 262 g/mol. The summed E-state index contributed by atoms with van der Waals surface area (Å²) in [6.07, 6.45) is 5.53. The highest BCUT2D eigenvalue weighted by molar-refractivity contribution is 6.93.